The molecule has 2 aromatic heterocycles. The fourth-order valence-electron chi connectivity index (χ4n) is 3.18. The Morgan fingerprint density at radius 2 is 1.76 bits per heavy atom. The Kier molecular flexibility index (Phi) is 5.11. The van der Waals surface area contributed by atoms with Crippen LogP contribution >= 0.6 is 0 Å². The average Bonchev–Trinajstić information content (AvgIpc) is 3.08. The number of amides is 3. The van der Waals surface area contributed by atoms with E-state index < -0.39 is 0 Å². The van der Waals surface area contributed by atoms with Crippen molar-refractivity contribution < 1.29 is 14.4 Å². The van der Waals surface area contributed by atoms with Crippen molar-refractivity contribution in [1.29, 1.82) is 0 Å². The molecule has 1 saturated heterocycles. The van der Waals surface area contributed by atoms with Crippen molar-refractivity contribution in [3.63, 3.8) is 0 Å². The minimum Gasteiger partial charge on any atom is -0.322 e. The molecular formula is C22H18N4O3. The average molecular weight is 386 g/mol. The number of likely N-dealkylation sites (tertiary alicyclic amines) is 1. The van der Waals surface area contributed by atoms with Gasteiger partial charge in [-0.3, -0.25) is 29.3 Å². The summed E-state index contributed by atoms with van der Waals surface area (Å²) in [6.07, 6.45) is 5.29. The summed E-state index contributed by atoms with van der Waals surface area (Å²) >= 11 is 0. The number of pyridine rings is 2. The Hall–Kier alpha value is -3.87. The third kappa shape index (κ3) is 4.03. The number of rotatable bonds is 5. The van der Waals surface area contributed by atoms with Crippen molar-refractivity contribution in [1.82, 2.24) is 14.9 Å². The number of hydrogen-bond acceptors (Lipinski definition) is 5. The van der Waals surface area contributed by atoms with Crippen LogP contribution < -0.4 is 5.32 Å². The molecule has 1 aromatic carbocycles. The molecule has 0 aliphatic carbocycles. The Morgan fingerprint density at radius 3 is 2.52 bits per heavy atom. The maximum Gasteiger partial charge on any atom is 0.257 e. The summed E-state index contributed by atoms with van der Waals surface area (Å²) in [4.78, 5) is 46.3. The summed E-state index contributed by atoms with van der Waals surface area (Å²) in [5, 5.41) is 2.86. The zero-order valence-corrected chi connectivity index (χ0v) is 15.5. The number of anilines is 1. The lowest BCUT2D eigenvalue weighted by atomic mass is 10.1. The molecule has 0 atom stereocenters. The maximum atomic E-state index is 12.8. The number of imide groups is 1. The van der Waals surface area contributed by atoms with Crippen LogP contribution in [-0.4, -0.2) is 32.6 Å². The first-order valence-electron chi connectivity index (χ1n) is 9.21. The standard InChI is InChI=1S/C22H18N4O3/c27-20-8-9-21(28)26(20)14-15-5-1-2-7-19(15)25-22(29)17-11-16(12-23-13-17)18-6-3-4-10-24-18/h1-7,10-13H,8-9,14H2,(H,25,29). The monoisotopic (exact) mass is 386 g/mol. The van der Waals surface area contributed by atoms with Crippen LogP contribution in [0.5, 0.6) is 0 Å². The largest absolute Gasteiger partial charge is 0.322 e. The first kappa shape index (κ1) is 18.5. The van der Waals surface area contributed by atoms with Gasteiger partial charge in [0.2, 0.25) is 11.8 Å². The van der Waals surface area contributed by atoms with E-state index in [0.717, 1.165) is 11.3 Å². The molecular weight excluding hydrogens is 368 g/mol. The lowest BCUT2D eigenvalue weighted by molar-refractivity contribution is -0.139. The van der Waals surface area contributed by atoms with Crippen molar-refractivity contribution in [2.75, 3.05) is 5.32 Å². The van der Waals surface area contributed by atoms with Gasteiger partial charge in [0, 0.05) is 42.7 Å². The van der Waals surface area contributed by atoms with E-state index in [1.165, 1.54) is 11.1 Å². The summed E-state index contributed by atoms with van der Waals surface area (Å²) in [5.74, 6) is -0.714. The predicted molar refractivity (Wildman–Crippen MR) is 107 cm³/mol. The van der Waals surface area contributed by atoms with Gasteiger partial charge in [0.15, 0.2) is 0 Å². The third-order valence-corrected chi connectivity index (χ3v) is 4.71. The number of carbonyl (C=O) groups excluding carboxylic acids is 3. The topological polar surface area (TPSA) is 92.3 Å². The highest BCUT2D eigenvalue weighted by Crippen LogP contribution is 2.23. The van der Waals surface area contributed by atoms with E-state index in [-0.39, 0.29) is 37.1 Å². The SMILES string of the molecule is O=C(Nc1ccccc1CN1C(=O)CCC1=O)c1cncc(-c2ccccn2)c1. The van der Waals surface area contributed by atoms with E-state index in [1.807, 2.05) is 18.2 Å². The molecule has 29 heavy (non-hydrogen) atoms. The molecule has 7 heteroatoms. The van der Waals surface area contributed by atoms with Gasteiger partial charge in [0.25, 0.3) is 5.91 Å². The number of benzene rings is 1. The van der Waals surface area contributed by atoms with Crippen LogP contribution in [0.4, 0.5) is 5.69 Å². The molecule has 0 saturated carbocycles. The van der Waals surface area contributed by atoms with Crippen molar-refractivity contribution in [2.45, 2.75) is 19.4 Å². The van der Waals surface area contributed by atoms with E-state index in [4.69, 9.17) is 0 Å². The molecule has 0 radical (unpaired) electrons. The van der Waals surface area contributed by atoms with Crippen LogP contribution in [0, 0.1) is 0 Å². The Morgan fingerprint density at radius 1 is 1.00 bits per heavy atom. The van der Waals surface area contributed by atoms with Gasteiger partial charge in [-0.1, -0.05) is 24.3 Å². The van der Waals surface area contributed by atoms with Crippen molar-refractivity contribution in [3.8, 4) is 11.3 Å². The Balaban J connectivity index is 1.55. The first-order chi connectivity index (χ1) is 14.1. The Bertz CT molecular complexity index is 1070. The summed E-state index contributed by atoms with van der Waals surface area (Å²) in [6, 6.07) is 14.4. The summed E-state index contributed by atoms with van der Waals surface area (Å²) in [7, 11) is 0. The Labute approximate surface area is 167 Å². The van der Waals surface area contributed by atoms with E-state index in [1.54, 1.807) is 42.7 Å². The summed E-state index contributed by atoms with van der Waals surface area (Å²) in [6.45, 7) is 0.139. The van der Waals surface area contributed by atoms with Gasteiger partial charge >= 0.3 is 0 Å². The van der Waals surface area contributed by atoms with Gasteiger partial charge < -0.3 is 5.32 Å². The normalized spacial score (nSPS) is 13.6. The second-order valence-corrected chi connectivity index (χ2v) is 6.66. The second-order valence-electron chi connectivity index (χ2n) is 6.66. The van der Waals surface area contributed by atoms with Gasteiger partial charge in [0.05, 0.1) is 17.8 Å². The lowest BCUT2D eigenvalue weighted by Crippen LogP contribution is -2.29. The molecule has 0 spiro atoms. The molecule has 3 aromatic rings. The minimum absolute atomic E-state index is 0.139. The van der Waals surface area contributed by atoms with Crippen LogP contribution in [0.25, 0.3) is 11.3 Å². The zero-order chi connectivity index (χ0) is 20.2. The second kappa shape index (κ2) is 8.02. The van der Waals surface area contributed by atoms with Crippen LogP contribution in [-0.2, 0) is 16.1 Å². The minimum atomic E-state index is -0.332. The van der Waals surface area contributed by atoms with Gasteiger partial charge in [-0.15, -0.1) is 0 Å². The van der Waals surface area contributed by atoms with Crippen LogP contribution in [0.1, 0.15) is 28.8 Å². The highest BCUT2D eigenvalue weighted by molar-refractivity contribution is 6.05. The molecule has 7 nitrogen and oxygen atoms in total. The fourth-order valence-corrected chi connectivity index (χ4v) is 3.18. The van der Waals surface area contributed by atoms with Gasteiger partial charge in [0.1, 0.15) is 0 Å². The molecule has 4 rings (SSSR count). The first-order valence-corrected chi connectivity index (χ1v) is 9.21. The van der Waals surface area contributed by atoms with E-state index >= 15 is 0 Å². The van der Waals surface area contributed by atoms with Gasteiger partial charge in [-0.25, -0.2) is 0 Å². The molecule has 3 heterocycles. The number of nitrogens with one attached hydrogen (secondary N) is 1. The summed E-state index contributed by atoms with van der Waals surface area (Å²) in [5.41, 5.74) is 3.09. The highest BCUT2D eigenvalue weighted by atomic mass is 16.2. The third-order valence-electron chi connectivity index (χ3n) is 4.71. The molecule has 1 aliphatic rings. The quantitative estimate of drug-likeness (QED) is 0.681. The smallest absolute Gasteiger partial charge is 0.257 e. The van der Waals surface area contributed by atoms with E-state index in [9.17, 15) is 14.4 Å². The molecule has 1 aliphatic heterocycles. The van der Waals surface area contributed by atoms with E-state index in [2.05, 4.69) is 15.3 Å². The number of hydrogen-bond donors (Lipinski definition) is 1. The van der Waals surface area contributed by atoms with Gasteiger partial charge in [-0.2, -0.15) is 0 Å². The van der Waals surface area contributed by atoms with Crippen molar-refractivity contribution >= 4 is 23.4 Å². The van der Waals surface area contributed by atoms with Crippen LogP contribution in [0.3, 0.4) is 0 Å². The van der Waals surface area contributed by atoms with E-state index in [0.29, 0.717) is 16.8 Å². The van der Waals surface area contributed by atoms with Gasteiger partial charge in [-0.05, 0) is 29.8 Å². The summed E-state index contributed by atoms with van der Waals surface area (Å²) < 4.78 is 0. The fraction of sp³-hybridized carbons (Fsp3) is 0.136. The van der Waals surface area contributed by atoms with Crippen molar-refractivity contribution in [3.05, 3.63) is 78.2 Å². The number of para-hydroxylation sites is 1. The zero-order valence-electron chi connectivity index (χ0n) is 15.5. The molecule has 144 valence electrons. The predicted octanol–water partition coefficient (Wildman–Crippen LogP) is 3.04. The van der Waals surface area contributed by atoms with Crippen LogP contribution in [0.15, 0.2) is 67.1 Å². The number of aromatic nitrogens is 2. The molecule has 0 unspecified atom stereocenters. The molecule has 3 amide bonds. The number of nitrogens with zero attached hydrogens (tertiary/aromatic N) is 3. The maximum absolute atomic E-state index is 12.8. The number of carbonyl (C=O) groups is 3. The molecule has 0 bridgehead atoms. The van der Waals surface area contributed by atoms with Crippen molar-refractivity contribution in [2.24, 2.45) is 0 Å². The molecule has 1 fully saturated rings. The van der Waals surface area contributed by atoms with Crippen LogP contribution in [0.2, 0.25) is 0 Å². The highest BCUT2D eigenvalue weighted by Gasteiger charge is 2.29. The lowest BCUT2D eigenvalue weighted by Gasteiger charge is -2.17. The molecule has 1 N–H and O–H groups in total.